The minimum atomic E-state index is 0.640. The number of aromatic nitrogens is 2. The van der Waals surface area contributed by atoms with Crippen LogP contribution in [0.5, 0.6) is 0 Å². The van der Waals surface area contributed by atoms with E-state index in [1.54, 1.807) is 0 Å². The van der Waals surface area contributed by atoms with E-state index in [-0.39, 0.29) is 0 Å². The van der Waals surface area contributed by atoms with Gasteiger partial charge in [0, 0.05) is 28.0 Å². The Morgan fingerprint density at radius 3 is 2.53 bits per heavy atom. The van der Waals surface area contributed by atoms with Crippen LogP contribution in [0, 0.1) is 0 Å². The second-order valence-electron chi connectivity index (χ2n) is 4.18. The zero-order valence-electron chi connectivity index (χ0n) is 10.2. The van der Waals surface area contributed by atoms with Crippen molar-refractivity contribution in [2.45, 2.75) is 0 Å². The molecule has 0 saturated carbocycles. The van der Waals surface area contributed by atoms with Crippen molar-refractivity contribution in [1.29, 1.82) is 0 Å². The predicted octanol–water partition coefficient (Wildman–Crippen LogP) is 4.58. The number of aromatic amines is 1. The Bertz CT molecular complexity index is 729. The van der Waals surface area contributed by atoms with Gasteiger partial charge in [0.15, 0.2) is 5.82 Å². The van der Waals surface area contributed by atoms with Crippen LogP contribution in [0.25, 0.3) is 22.0 Å². The van der Waals surface area contributed by atoms with Crippen molar-refractivity contribution in [2.24, 2.45) is 0 Å². The molecule has 2 N–H and O–H groups in total. The van der Waals surface area contributed by atoms with Gasteiger partial charge >= 0.3 is 0 Å². The standard InChI is InChI=1S/C14H11Cl2N3/c1-17-14-9-7-8(5-6-12(9)18-19-14)13-10(15)3-2-4-11(13)16/h2-7H,1H3,(H2,17,18,19). The molecule has 0 radical (unpaired) electrons. The molecule has 0 bridgehead atoms. The number of benzene rings is 2. The monoisotopic (exact) mass is 291 g/mol. The van der Waals surface area contributed by atoms with Crippen LogP contribution in [0.3, 0.4) is 0 Å². The first-order chi connectivity index (χ1) is 9.20. The summed E-state index contributed by atoms with van der Waals surface area (Å²) in [5.41, 5.74) is 2.79. The zero-order valence-corrected chi connectivity index (χ0v) is 11.7. The molecule has 0 unspecified atom stereocenters. The Hall–Kier alpha value is -1.71. The third kappa shape index (κ3) is 2.05. The minimum absolute atomic E-state index is 0.640. The highest BCUT2D eigenvalue weighted by molar-refractivity contribution is 6.39. The van der Waals surface area contributed by atoms with Crippen LogP contribution in [-0.2, 0) is 0 Å². The van der Waals surface area contributed by atoms with Crippen LogP contribution in [-0.4, -0.2) is 17.2 Å². The Labute approximate surface area is 120 Å². The molecule has 3 aromatic rings. The molecule has 1 aromatic heterocycles. The molecule has 0 spiro atoms. The van der Waals surface area contributed by atoms with Gasteiger partial charge in [-0.15, -0.1) is 0 Å². The third-order valence-electron chi connectivity index (χ3n) is 3.05. The summed E-state index contributed by atoms with van der Waals surface area (Å²) in [5, 5.41) is 12.5. The minimum Gasteiger partial charge on any atom is -0.371 e. The fraction of sp³-hybridized carbons (Fsp3) is 0.0714. The molecule has 3 nitrogen and oxygen atoms in total. The molecule has 2 aromatic carbocycles. The van der Waals surface area contributed by atoms with Gasteiger partial charge in [0.1, 0.15) is 0 Å². The molecule has 0 atom stereocenters. The predicted molar refractivity (Wildman–Crippen MR) is 81.1 cm³/mol. The van der Waals surface area contributed by atoms with Crippen molar-refractivity contribution in [3.05, 3.63) is 46.4 Å². The first kappa shape index (κ1) is 12.3. The van der Waals surface area contributed by atoms with E-state index in [9.17, 15) is 0 Å². The lowest BCUT2D eigenvalue weighted by Gasteiger charge is -2.07. The zero-order chi connectivity index (χ0) is 13.4. The van der Waals surface area contributed by atoms with Crippen molar-refractivity contribution in [3.63, 3.8) is 0 Å². The molecule has 0 fully saturated rings. The van der Waals surface area contributed by atoms with Gasteiger partial charge in [-0.25, -0.2) is 0 Å². The maximum atomic E-state index is 6.24. The quantitative estimate of drug-likeness (QED) is 0.726. The average molecular weight is 292 g/mol. The number of H-pyrrole nitrogens is 1. The summed E-state index contributed by atoms with van der Waals surface area (Å²) < 4.78 is 0. The van der Waals surface area contributed by atoms with Gasteiger partial charge in [-0.05, 0) is 29.8 Å². The topological polar surface area (TPSA) is 40.7 Å². The number of rotatable bonds is 2. The molecule has 19 heavy (non-hydrogen) atoms. The highest BCUT2D eigenvalue weighted by Gasteiger charge is 2.11. The molecular weight excluding hydrogens is 281 g/mol. The highest BCUT2D eigenvalue weighted by atomic mass is 35.5. The number of nitrogens with one attached hydrogen (secondary N) is 2. The van der Waals surface area contributed by atoms with Crippen LogP contribution in [0.4, 0.5) is 5.82 Å². The number of hydrogen-bond acceptors (Lipinski definition) is 2. The van der Waals surface area contributed by atoms with Crippen molar-refractivity contribution < 1.29 is 0 Å². The van der Waals surface area contributed by atoms with Crippen LogP contribution >= 0.6 is 23.2 Å². The maximum absolute atomic E-state index is 6.24. The van der Waals surface area contributed by atoms with Crippen molar-refractivity contribution in [1.82, 2.24) is 10.2 Å². The number of hydrogen-bond donors (Lipinski definition) is 2. The smallest absolute Gasteiger partial charge is 0.155 e. The highest BCUT2D eigenvalue weighted by Crippen LogP contribution is 2.36. The number of halogens is 2. The van der Waals surface area contributed by atoms with Gasteiger partial charge in [0.25, 0.3) is 0 Å². The number of anilines is 1. The molecule has 0 amide bonds. The summed E-state index contributed by atoms with van der Waals surface area (Å²) in [7, 11) is 1.84. The van der Waals surface area contributed by atoms with Crippen LogP contribution in [0.2, 0.25) is 10.0 Å². The molecular formula is C14H11Cl2N3. The first-order valence-electron chi connectivity index (χ1n) is 5.81. The van der Waals surface area contributed by atoms with Gasteiger partial charge in [-0.2, -0.15) is 5.10 Å². The van der Waals surface area contributed by atoms with E-state index in [4.69, 9.17) is 23.2 Å². The normalized spacial score (nSPS) is 10.9. The average Bonchev–Trinajstić information content (AvgIpc) is 2.81. The molecule has 0 aliphatic heterocycles. The van der Waals surface area contributed by atoms with Gasteiger partial charge in [0.2, 0.25) is 0 Å². The number of fused-ring (bicyclic) bond motifs is 1. The fourth-order valence-electron chi connectivity index (χ4n) is 2.13. The van der Waals surface area contributed by atoms with Gasteiger partial charge in [-0.1, -0.05) is 35.3 Å². The molecule has 0 saturated heterocycles. The molecule has 1 heterocycles. The molecule has 5 heteroatoms. The van der Waals surface area contributed by atoms with E-state index in [0.29, 0.717) is 10.0 Å². The summed E-state index contributed by atoms with van der Waals surface area (Å²) in [4.78, 5) is 0. The molecule has 96 valence electrons. The van der Waals surface area contributed by atoms with E-state index in [1.165, 1.54) is 0 Å². The Kier molecular flexibility index (Phi) is 3.09. The summed E-state index contributed by atoms with van der Waals surface area (Å²) in [6.07, 6.45) is 0. The third-order valence-corrected chi connectivity index (χ3v) is 3.68. The van der Waals surface area contributed by atoms with Crippen molar-refractivity contribution in [3.8, 4) is 11.1 Å². The second-order valence-corrected chi connectivity index (χ2v) is 4.99. The van der Waals surface area contributed by atoms with Crippen molar-refractivity contribution in [2.75, 3.05) is 12.4 Å². The summed E-state index contributed by atoms with van der Waals surface area (Å²) in [6.45, 7) is 0. The van der Waals surface area contributed by atoms with Gasteiger partial charge < -0.3 is 5.32 Å². The van der Waals surface area contributed by atoms with E-state index in [1.807, 2.05) is 43.4 Å². The summed E-state index contributed by atoms with van der Waals surface area (Å²) in [6, 6.07) is 11.5. The molecule has 0 aliphatic carbocycles. The fourth-order valence-corrected chi connectivity index (χ4v) is 2.75. The molecule has 3 rings (SSSR count). The van der Waals surface area contributed by atoms with Crippen LogP contribution in [0.1, 0.15) is 0 Å². The first-order valence-corrected chi connectivity index (χ1v) is 6.56. The Morgan fingerprint density at radius 1 is 1.11 bits per heavy atom. The second kappa shape index (κ2) is 4.76. The lowest BCUT2D eigenvalue weighted by Crippen LogP contribution is -1.88. The van der Waals surface area contributed by atoms with Crippen LogP contribution in [0.15, 0.2) is 36.4 Å². The number of nitrogens with zero attached hydrogens (tertiary/aromatic N) is 1. The van der Waals surface area contributed by atoms with Crippen LogP contribution < -0.4 is 5.32 Å². The lowest BCUT2D eigenvalue weighted by atomic mass is 10.0. The van der Waals surface area contributed by atoms with Crippen molar-refractivity contribution >= 4 is 39.9 Å². The largest absolute Gasteiger partial charge is 0.371 e. The Balaban J connectivity index is 2.25. The van der Waals surface area contributed by atoms with Gasteiger partial charge in [0.05, 0.1) is 5.52 Å². The van der Waals surface area contributed by atoms with E-state index >= 15 is 0 Å². The lowest BCUT2D eigenvalue weighted by molar-refractivity contribution is 1.11. The maximum Gasteiger partial charge on any atom is 0.155 e. The SMILES string of the molecule is CNc1n[nH]c2ccc(-c3c(Cl)cccc3Cl)cc12. The van der Waals surface area contributed by atoms with E-state index in [0.717, 1.165) is 27.8 Å². The van der Waals surface area contributed by atoms with Gasteiger partial charge in [-0.3, -0.25) is 5.10 Å². The summed E-state index contributed by atoms with van der Waals surface area (Å²) in [5.74, 6) is 0.806. The molecule has 0 aliphatic rings. The Morgan fingerprint density at radius 2 is 1.84 bits per heavy atom. The summed E-state index contributed by atoms with van der Waals surface area (Å²) >= 11 is 12.5. The van der Waals surface area contributed by atoms with E-state index in [2.05, 4.69) is 15.5 Å². The van der Waals surface area contributed by atoms with E-state index < -0.39 is 0 Å².